The van der Waals surface area contributed by atoms with Crippen molar-refractivity contribution in [3.63, 3.8) is 0 Å². The first-order valence-corrected chi connectivity index (χ1v) is 41.3. The summed E-state index contributed by atoms with van der Waals surface area (Å²) in [7, 11) is 1.33. The van der Waals surface area contributed by atoms with Gasteiger partial charge in [-0.05, 0) is 12.8 Å². The van der Waals surface area contributed by atoms with Crippen molar-refractivity contribution < 1.29 is 32.9 Å². The van der Waals surface area contributed by atoms with Crippen LogP contribution in [0.4, 0.5) is 0 Å². The number of rotatable bonds is 76. The molecule has 3 unspecified atom stereocenters. The monoisotopic (exact) mass is 1250 g/mol. The number of quaternary nitrogens is 1. The molecule has 0 aliphatic carbocycles. The molecule has 0 fully saturated rings. The summed E-state index contributed by atoms with van der Waals surface area (Å²) in [4.78, 5) is 25.7. The van der Waals surface area contributed by atoms with E-state index in [0.717, 1.165) is 38.5 Å². The van der Waals surface area contributed by atoms with Crippen LogP contribution in [0.5, 0.6) is 0 Å². The fourth-order valence-corrected chi connectivity index (χ4v) is 13.7. The van der Waals surface area contributed by atoms with E-state index in [0.29, 0.717) is 23.9 Å². The summed E-state index contributed by atoms with van der Waals surface area (Å²) >= 11 is 0. The summed E-state index contributed by atoms with van der Waals surface area (Å²) < 4.78 is 23.6. The second kappa shape index (κ2) is 69.8. The Morgan fingerprint density at radius 2 is 0.563 bits per heavy atom. The average Bonchev–Trinajstić information content (AvgIpc) is 3.70. The summed E-state index contributed by atoms with van der Waals surface area (Å²) in [6, 6.07) is -0.797. The van der Waals surface area contributed by atoms with Gasteiger partial charge in [-0.3, -0.25) is 9.36 Å². The normalized spacial score (nSPS) is 13.4. The van der Waals surface area contributed by atoms with E-state index < -0.39 is 20.0 Å². The number of likely N-dealkylation sites (N-methyl/N-ethyl adjacent to an activating group) is 1. The molecule has 0 aliphatic heterocycles. The number of phosphoric ester groups is 1. The van der Waals surface area contributed by atoms with E-state index in [1.165, 1.54) is 379 Å². The Morgan fingerprint density at radius 3 is 0.782 bits per heavy atom. The average molecular weight is 1250 g/mol. The van der Waals surface area contributed by atoms with Gasteiger partial charge in [-0.1, -0.05) is 425 Å². The third-order valence-electron chi connectivity index (χ3n) is 19.1. The maximum atomic E-state index is 13.1. The number of aliphatic hydroxyl groups is 1. The lowest BCUT2D eigenvalue weighted by Gasteiger charge is -2.30. The van der Waals surface area contributed by atoms with Gasteiger partial charge >= 0.3 is 0 Å². The van der Waals surface area contributed by atoms with Crippen molar-refractivity contribution in [3.05, 3.63) is 0 Å². The molecule has 0 heterocycles. The van der Waals surface area contributed by atoms with Crippen molar-refractivity contribution in [2.75, 3.05) is 40.9 Å². The zero-order valence-electron chi connectivity index (χ0n) is 60.0. The predicted octanol–water partition coefficient (Wildman–Crippen LogP) is 25.2. The fraction of sp³-hybridized carbons (Fsp3) is 0.987. The Kier molecular flexibility index (Phi) is 69.4. The second-order valence-corrected chi connectivity index (χ2v) is 30.6. The number of hydrogen-bond donors (Lipinski definition) is 2. The fourth-order valence-electron chi connectivity index (χ4n) is 12.9. The zero-order chi connectivity index (χ0) is 63.4. The van der Waals surface area contributed by atoms with Gasteiger partial charge in [0, 0.05) is 6.42 Å². The quantitative estimate of drug-likeness (QED) is 0.0357. The number of carbonyl (C=O) groups is 1. The standard InChI is InChI=1S/C78H159N2O6P/c1-6-8-10-12-14-16-18-20-22-24-26-28-30-32-33-34-35-36-37-38-39-40-41-42-43-44-45-46-48-50-52-54-56-58-60-62-64-66-68-70-72-78(82)79-76(75-86-87(83,84)85-74-73-80(3,4)5)77(81)71-69-67-65-63-61-59-57-55-53-51-49-47-31-29-27-25-23-21-19-17-15-13-11-9-7-2/h76-77,81H,6-75H2,1-5H3,(H-,79,82,83,84). The predicted molar refractivity (Wildman–Crippen MR) is 381 cm³/mol. The molecule has 3 atom stereocenters. The number of amides is 1. The lowest BCUT2D eigenvalue weighted by molar-refractivity contribution is -0.870. The minimum absolute atomic E-state index is 0.0171. The Labute approximate surface area is 546 Å². The molecule has 0 saturated carbocycles. The molecule has 0 aromatic heterocycles. The van der Waals surface area contributed by atoms with E-state index >= 15 is 0 Å². The van der Waals surface area contributed by atoms with Crippen molar-refractivity contribution in [2.45, 2.75) is 456 Å². The second-order valence-electron chi connectivity index (χ2n) is 29.1. The van der Waals surface area contributed by atoms with E-state index in [4.69, 9.17) is 9.05 Å². The largest absolute Gasteiger partial charge is 0.756 e. The molecule has 0 bridgehead atoms. The SMILES string of the molecule is CCCCCCCCCCCCCCCCCCCCCCCCCCCCCCCCCCCCCCCCCCC(=O)NC(COP(=O)([O-])OCC[N+](C)(C)C)C(O)CCCCCCCCCCCCCCCCCCCCCCCCCCC. The maximum Gasteiger partial charge on any atom is 0.268 e. The Morgan fingerprint density at radius 1 is 0.356 bits per heavy atom. The van der Waals surface area contributed by atoms with Crippen LogP contribution in [0.1, 0.15) is 444 Å². The van der Waals surface area contributed by atoms with Crippen LogP contribution in [0.2, 0.25) is 0 Å². The smallest absolute Gasteiger partial charge is 0.268 e. The zero-order valence-corrected chi connectivity index (χ0v) is 60.9. The van der Waals surface area contributed by atoms with E-state index in [2.05, 4.69) is 19.2 Å². The van der Waals surface area contributed by atoms with Crippen molar-refractivity contribution in [1.29, 1.82) is 0 Å². The molecule has 0 aromatic rings. The third kappa shape index (κ3) is 72.8. The molecule has 0 aromatic carbocycles. The lowest BCUT2D eigenvalue weighted by atomic mass is 10.0. The molecule has 0 saturated heterocycles. The molecule has 0 spiro atoms. The number of aliphatic hydroxyl groups excluding tert-OH is 1. The Hall–Kier alpha value is -0.500. The lowest BCUT2D eigenvalue weighted by Crippen LogP contribution is -2.46. The van der Waals surface area contributed by atoms with Crippen LogP contribution in [-0.2, 0) is 18.4 Å². The van der Waals surface area contributed by atoms with Gasteiger partial charge in [-0.15, -0.1) is 0 Å². The third-order valence-corrected chi connectivity index (χ3v) is 20.1. The highest BCUT2D eigenvalue weighted by molar-refractivity contribution is 7.45. The van der Waals surface area contributed by atoms with E-state index in [-0.39, 0.29) is 19.1 Å². The minimum Gasteiger partial charge on any atom is -0.756 e. The van der Waals surface area contributed by atoms with Crippen molar-refractivity contribution in [3.8, 4) is 0 Å². The van der Waals surface area contributed by atoms with Crippen LogP contribution in [-0.4, -0.2) is 68.5 Å². The first-order chi connectivity index (χ1) is 42.5. The number of nitrogens with one attached hydrogen (secondary N) is 1. The molecule has 522 valence electrons. The van der Waals surface area contributed by atoms with Crippen LogP contribution < -0.4 is 10.2 Å². The van der Waals surface area contributed by atoms with Crippen LogP contribution in [0, 0.1) is 0 Å². The van der Waals surface area contributed by atoms with Gasteiger partial charge in [0.2, 0.25) is 5.91 Å². The van der Waals surface area contributed by atoms with Crippen LogP contribution in [0.15, 0.2) is 0 Å². The summed E-state index contributed by atoms with van der Waals surface area (Å²) in [6.07, 6.45) is 89.5. The molecule has 8 nitrogen and oxygen atoms in total. The van der Waals surface area contributed by atoms with Crippen molar-refractivity contribution in [2.24, 2.45) is 0 Å². The molecular weight excluding hydrogens is 1090 g/mol. The number of nitrogens with zero attached hydrogens (tertiary/aromatic N) is 1. The van der Waals surface area contributed by atoms with Gasteiger partial charge in [0.05, 0.1) is 39.9 Å². The van der Waals surface area contributed by atoms with Gasteiger partial charge in [0.15, 0.2) is 0 Å². The summed E-state index contributed by atoms with van der Waals surface area (Å²) in [5.74, 6) is -0.152. The van der Waals surface area contributed by atoms with Gasteiger partial charge < -0.3 is 28.8 Å². The molecule has 0 rings (SSSR count). The molecule has 87 heavy (non-hydrogen) atoms. The first kappa shape index (κ1) is 86.5. The highest BCUT2D eigenvalue weighted by Crippen LogP contribution is 2.38. The van der Waals surface area contributed by atoms with Gasteiger partial charge in [0.25, 0.3) is 7.82 Å². The van der Waals surface area contributed by atoms with Crippen molar-refractivity contribution >= 4 is 13.7 Å². The van der Waals surface area contributed by atoms with Crippen LogP contribution in [0.25, 0.3) is 0 Å². The van der Waals surface area contributed by atoms with Crippen LogP contribution >= 0.6 is 7.82 Å². The number of unbranched alkanes of at least 4 members (excludes halogenated alkanes) is 63. The molecular formula is C78H159N2O6P. The highest BCUT2D eigenvalue weighted by atomic mass is 31.2. The van der Waals surface area contributed by atoms with E-state index in [1.807, 2.05) is 21.1 Å². The minimum atomic E-state index is -4.58. The Bertz CT molecular complexity index is 1380. The molecule has 1 amide bonds. The maximum absolute atomic E-state index is 13.1. The topological polar surface area (TPSA) is 108 Å². The number of phosphoric acid groups is 1. The summed E-state index contributed by atoms with van der Waals surface area (Å²) in [6.45, 7) is 4.81. The van der Waals surface area contributed by atoms with E-state index in [1.54, 1.807) is 0 Å². The first-order valence-electron chi connectivity index (χ1n) is 39.9. The van der Waals surface area contributed by atoms with Crippen LogP contribution in [0.3, 0.4) is 0 Å². The molecule has 2 N–H and O–H groups in total. The number of hydrogen-bond acceptors (Lipinski definition) is 6. The van der Waals surface area contributed by atoms with E-state index in [9.17, 15) is 19.4 Å². The van der Waals surface area contributed by atoms with Crippen molar-refractivity contribution in [1.82, 2.24) is 5.32 Å². The van der Waals surface area contributed by atoms with Gasteiger partial charge in [0.1, 0.15) is 13.2 Å². The Balaban J connectivity index is 3.85. The summed E-state index contributed by atoms with van der Waals surface area (Å²) in [5, 5.41) is 14.1. The number of carbonyl (C=O) groups excluding carboxylic acids is 1. The highest BCUT2D eigenvalue weighted by Gasteiger charge is 2.24. The molecule has 0 radical (unpaired) electrons. The molecule has 0 aliphatic rings. The summed E-state index contributed by atoms with van der Waals surface area (Å²) in [5.41, 5.74) is 0. The van der Waals surface area contributed by atoms with Gasteiger partial charge in [-0.25, -0.2) is 0 Å². The molecule has 9 heteroatoms. The van der Waals surface area contributed by atoms with Gasteiger partial charge in [-0.2, -0.15) is 0 Å².